The summed E-state index contributed by atoms with van der Waals surface area (Å²) in [5, 5.41) is 23.4. The number of hydrogen-bond donors (Lipinski definition) is 3. The summed E-state index contributed by atoms with van der Waals surface area (Å²) < 4.78 is 3.75. The monoisotopic (exact) mass is 1420 g/mol. The number of amidine groups is 3. The van der Waals surface area contributed by atoms with Crippen molar-refractivity contribution in [3.05, 3.63) is 31.5 Å². The quantitative estimate of drug-likeness (QED) is 0.0286. The highest BCUT2D eigenvalue weighted by Crippen LogP contribution is 2.31. The summed E-state index contributed by atoms with van der Waals surface area (Å²) in [6, 6.07) is 0.672. The molecule has 0 unspecified atom stereocenters. The van der Waals surface area contributed by atoms with Gasteiger partial charge in [-0.3, -0.25) is 0 Å². The number of carbonyl (C=O) groups is 3. The molecule has 1 heterocycles. The molecule has 24 heteroatoms. The second-order valence-corrected chi connectivity index (χ2v) is 31.2. The highest BCUT2D eigenvalue weighted by atomic mass is 16.7. The fourth-order valence-corrected chi connectivity index (χ4v) is 17.0. The number of unbranched alkanes of at least 4 members (excludes halogenated alkanes) is 9. The van der Waals surface area contributed by atoms with Gasteiger partial charge in [0, 0.05) is 57.4 Å². The molecule has 1 aromatic rings. The summed E-state index contributed by atoms with van der Waals surface area (Å²) in [6.07, 6.45) is 51.5. The maximum Gasteiger partial charge on any atom is 0.336 e. The average molecular weight is 1420 g/mol. The van der Waals surface area contributed by atoms with E-state index in [0.29, 0.717) is 95.5 Å². The van der Waals surface area contributed by atoms with Gasteiger partial charge in [-0.25, -0.2) is 72.1 Å². The van der Waals surface area contributed by atoms with E-state index in [1.807, 2.05) is 0 Å². The zero-order chi connectivity index (χ0) is 70.8. The van der Waals surface area contributed by atoms with E-state index in [1.54, 1.807) is 14.7 Å². The number of carbonyl (C=O) groups excluding carboxylic acids is 3. The number of oxime groups is 3. The maximum atomic E-state index is 14.4. The molecule has 0 radical (unpaired) electrons. The van der Waals surface area contributed by atoms with E-state index in [2.05, 4.69) is 31.4 Å². The third-order valence-electron chi connectivity index (χ3n) is 23.1. The van der Waals surface area contributed by atoms with Gasteiger partial charge in [0.2, 0.25) is 0 Å². The van der Waals surface area contributed by atoms with Crippen LogP contribution in [0.4, 0.5) is 14.4 Å². The number of urea groups is 3. The summed E-state index contributed by atoms with van der Waals surface area (Å²) in [6.45, 7) is 1.82. The first-order chi connectivity index (χ1) is 50.2. The Balaban J connectivity index is 0.752. The lowest BCUT2D eigenvalue weighted by atomic mass is 9.94. The van der Waals surface area contributed by atoms with Crippen LogP contribution in [0.25, 0.3) is 0 Å². The van der Waals surface area contributed by atoms with Gasteiger partial charge >= 0.3 is 53.2 Å². The van der Waals surface area contributed by atoms with Crippen molar-refractivity contribution in [2.24, 2.45) is 30.4 Å². The van der Waals surface area contributed by atoms with Crippen molar-refractivity contribution in [3.63, 3.8) is 0 Å². The van der Waals surface area contributed by atoms with Crippen LogP contribution in [-0.4, -0.2) is 138 Å². The highest BCUT2D eigenvalue weighted by molar-refractivity contribution is 5.96. The van der Waals surface area contributed by atoms with E-state index in [4.69, 9.17) is 29.5 Å². The van der Waals surface area contributed by atoms with Crippen molar-refractivity contribution in [2.75, 3.05) is 19.6 Å². The van der Waals surface area contributed by atoms with Crippen molar-refractivity contribution in [2.45, 2.75) is 403 Å². The van der Waals surface area contributed by atoms with Gasteiger partial charge in [-0.2, -0.15) is 0 Å². The number of aliphatic imine (C=N–C) groups is 3. The largest absolute Gasteiger partial charge is 0.338 e. The fourth-order valence-electron chi connectivity index (χ4n) is 17.0. The van der Waals surface area contributed by atoms with Crippen LogP contribution in [0.3, 0.4) is 0 Å². The van der Waals surface area contributed by atoms with E-state index in [1.165, 1.54) is 33.0 Å². The number of amides is 6. The molecule has 9 saturated carbocycles. The van der Waals surface area contributed by atoms with Gasteiger partial charge in [-0.15, -0.1) is 0 Å². The number of rotatable bonds is 30. The predicted molar refractivity (Wildman–Crippen MR) is 405 cm³/mol. The third-order valence-corrected chi connectivity index (χ3v) is 23.1. The van der Waals surface area contributed by atoms with Crippen molar-refractivity contribution in [1.82, 2.24) is 44.4 Å². The van der Waals surface area contributed by atoms with Gasteiger partial charge in [0.15, 0.2) is 0 Å². The van der Waals surface area contributed by atoms with Crippen LogP contribution < -0.4 is 33.0 Å². The van der Waals surface area contributed by atoms with E-state index < -0.39 is 17.1 Å². The first-order valence-corrected chi connectivity index (χ1v) is 41.7. The zero-order valence-electron chi connectivity index (χ0n) is 62.4. The molecule has 0 bridgehead atoms. The van der Waals surface area contributed by atoms with Crippen LogP contribution in [0, 0.1) is 0 Å². The van der Waals surface area contributed by atoms with Gasteiger partial charge in [0.05, 0.1) is 35.3 Å². The molecule has 9 fully saturated rings. The minimum absolute atomic E-state index is 0.0133. The molecule has 10 rings (SSSR count). The Morgan fingerprint density at radius 2 is 0.529 bits per heavy atom. The van der Waals surface area contributed by atoms with Crippen molar-refractivity contribution in [1.29, 1.82) is 0 Å². The Kier molecular flexibility index (Phi) is 33.6. The maximum absolute atomic E-state index is 14.4. The molecule has 24 nitrogen and oxygen atoms in total. The molecule has 9 aliphatic carbocycles. The molecule has 0 atom stereocenters. The van der Waals surface area contributed by atoms with E-state index in [9.17, 15) is 28.8 Å². The Morgan fingerprint density at radius 1 is 0.304 bits per heavy atom. The van der Waals surface area contributed by atoms with Crippen LogP contribution >= 0.6 is 0 Å². The van der Waals surface area contributed by atoms with Gasteiger partial charge in [0.1, 0.15) is 0 Å². The molecule has 9 aliphatic rings. The van der Waals surface area contributed by atoms with E-state index >= 15 is 0 Å². The van der Waals surface area contributed by atoms with E-state index in [-0.39, 0.29) is 74.0 Å². The van der Waals surface area contributed by atoms with Crippen LogP contribution in [0.1, 0.15) is 347 Å². The molecule has 3 N–H and O–H groups in total. The van der Waals surface area contributed by atoms with Crippen LogP contribution in [0.5, 0.6) is 0 Å². The summed E-state index contributed by atoms with van der Waals surface area (Å²) >= 11 is 0. The van der Waals surface area contributed by atoms with Crippen molar-refractivity contribution < 1.29 is 28.9 Å². The Bertz CT molecular complexity index is 2740. The number of aromatic nitrogens is 3. The van der Waals surface area contributed by atoms with Gasteiger partial charge in [-0.05, 0) is 193 Å². The molecular weight excluding hydrogens is 1290 g/mol. The van der Waals surface area contributed by atoms with Crippen LogP contribution in [-0.2, 0) is 34.1 Å². The topological polar surface area (TPSA) is 265 Å². The Hall–Kier alpha value is -6.36. The molecule has 0 aliphatic heterocycles. The first kappa shape index (κ1) is 78.2. The lowest BCUT2D eigenvalue weighted by Crippen LogP contribution is -2.54. The van der Waals surface area contributed by atoms with E-state index in [0.717, 1.165) is 287 Å². The molecule has 1 aromatic heterocycles. The molecule has 6 amide bonds. The smallest absolute Gasteiger partial charge is 0.336 e. The molecule has 0 saturated heterocycles. The van der Waals surface area contributed by atoms with Crippen molar-refractivity contribution in [3.8, 4) is 0 Å². The second kappa shape index (κ2) is 43.8. The van der Waals surface area contributed by atoms with Gasteiger partial charge in [0.25, 0.3) is 0 Å². The standard InChI is InChI=1S/C78H129N15O9/c94-70(91(67-49-19-10-20-50-67)73(82-61-37-13-7-14-38-61)100-85-64-43-25-26-44-64)79-55-31-1-4-34-58-88-76(97)89(59-35-5-2-32-56-80-71(95)92(68-51-21-11-22-52-68)74(83-62-39-15-8-16-40-62)101-86-65-45-27-28-46-65)78(99)90(77(88)98)60-36-6-3-33-57-81-72(96)93(69-53-23-12-24-54-69)75(84-63-41-17-9-18-42-63)102-87-66-47-29-30-48-66/h61-63,67-69H,1-60H2,(H,79,94)(H,80,95)(H,81,96). The van der Waals surface area contributed by atoms with Crippen LogP contribution in [0.2, 0.25) is 0 Å². The molecule has 570 valence electrons. The lowest BCUT2D eigenvalue weighted by Gasteiger charge is -2.34. The molecule has 0 spiro atoms. The number of nitrogens with zero attached hydrogens (tertiary/aromatic N) is 12. The Morgan fingerprint density at radius 3 is 0.775 bits per heavy atom. The average Bonchev–Trinajstić information content (AvgIpc) is 0.976. The van der Waals surface area contributed by atoms with Gasteiger partial charge in [-0.1, -0.05) is 170 Å². The molecule has 102 heavy (non-hydrogen) atoms. The summed E-state index contributed by atoms with van der Waals surface area (Å²) in [5.74, 6) is 0. The minimum atomic E-state index is -0.593. The van der Waals surface area contributed by atoms with Crippen LogP contribution in [0.15, 0.2) is 44.8 Å². The molecular formula is C78H129N15O9. The predicted octanol–water partition coefficient (Wildman–Crippen LogP) is 15.8. The normalized spacial score (nSPS) is 20.7. The first-order valence-electron chi connectivity index (χ1n) is 41.7. The summed E-state index contributed by atoms with van der Waals surface area (Å²) in [5.41, 5.74) is 1.31. The Labute approximate surface area is 608 Å². The SMILES string of the molecule is O=C(NCCCCCCn1c(=O)n(CCCCCCNC(=O)N(C(=NC2CCCCC2)ON=C2CCCC2)C2CCCCC2)c(=O)n(CCCCCCNC(=O)N(C(=NC2CCCCC2)ON=C2CCCC2)C2CCCCC2)c1=O)N(C(=NC1CCCCC1)ON=C1CCCC1)C1CCCCC1. The minimum Gasteiger partial charge on any atom is -0.338 e. The fraction of sp³-hybridized carbons (Fsp3) is 0.846. The molecule has 0 aromatic carbocycles. The number of nitrogens with one attached hydrogen (secondary N) is 3. The third kappa shape index (κ3) is 24.9. The lowest BCUT2D eigenvalue weighted by molar-refractivity contribution is 0.164. The highest BCUT2D eigenvalue weighted by Gasteiger charge is 2.36. The second-order valence-electron chi connectivity index (χ2n) is 31.2. The number of hydrogen-bond acceptors (Lipinski definition) is 15. The zero-order valence-corrected chi connectivity index (χ0v) is 62.4. The van der Waals surface area contributed by atoms with Gasteiger partial charge < -0.3 is 30.5 Å². The summed E-state index contributed by atoms with van der Waals surface area (Å²) in [4.78, 5) is 126. The van der Waals surface area contributed by atoms with Crippen molar-refractivity contribution >= 4 is 53.3 Å². The summed E-state index contributed by atoms with van der Waals surface area (Å²) in [7, 11) is 0.